The highest BCUT2D eigenvalue weighted by Gasteiger charge is 2.15. The van der Waals surface area contributed by atoms with E-state index in [4.69, 9.17) is 10.5 Å². The molecule has 1 unspecified atom stereocenters. The number of ether oxygens (including phenoxy) is 1. The minimum atomic E-state index is -0.765. The van der Waals surface area contributed by atoms with Gasteiger partial charge >= 0.3 is 0 Å². The summed E-state index contributed by atoms with van der Waals surface area (Å²) in [4.78, 5) is 3.69. The highest BCUT2D eigenvalue weighted by molar-refractivity contribution is 5.35. The molecule has 2 aromatic rings. The molecule has 18 heavy (non-hydrogen) atoms. The van der Waals surface area contributed by atoms with Crippen LogP contribution in [0.25, 0.3) is 0 Å². The van der Waals surface area contributed by atoms with Crippen molar-refractivity contribution in [1.82, 2.24) is 4.98 Å². The highest BCUT2D eigenvalue weighted by atomic mass is 19.1. The van der Waals surface area contributed by atoms with E-state index in [9.17, 15) is 8.78 Å². The van der Waals surface area contributed by atoms with E-state index in [1.54, 1.807) is 6.07 Å². The first-order chi connectivity index (χ1) is 8.61. The smallest absolute Gasteiger partial charge is 0.141 e. The number of pyridine rings is 1. The second-order valence-corrected chi connectivity index (χ2v) is 3.80. The fourth-order valence-corrected chi connectivity index (χ4v) is 1.66. The molecule has 0 fully saturated rings. The maximum Gasteiger partial charge on any atom is 0.141 e. The molecule has 94 valence electrons. The molecule has 2 N–H and O–H groups in total. The molecule has 1 heterocycles. The Kier molecular flexibility index (Phi) is 3.53. The van der Waals surface area contributed by atoms with Gasteiger partial charge in [0.1, 0.15) is 17.4 Å². The number of rotatable bonds is 3. The molecule has 0 aliphatic rings. The van der Waals surface area contributed by atoms with Gasteiger partial charge < -0.3 is 10.5 Å². The van der Waals surface area contributed by atoms with E-state index in [1.807, 2.05) is 0 Å². The summed E-state index contributed by atoms with van der Waals surface area (Å²) in [6, 6.07) is 4.83. The summed E-state index contributed by atoms with van der Waals surface area (Å²) >= 11 is 0. The van der Waals surface area contributed by atoms with E-state index in [-0.39, 0.29) is 5.56 Å². The minimum absolute atomic E-state index is 0.267. The van der Waals surface area contributed by atoms with Crippen LogP contribution >= 0.6 is 0 Å². The van der Waals surface area contributed by atoms with Gasteiger partial charge in [-0.15, -0.1) is 0 Å². The second-order valence-electron chi connectivity index (χ2n) is 3.80. The number of methoxy groups -OCH3 is 1. The third-order valence-electron chi connectivity index (χ3n) is 2.63. The van der Waals surface area contributed by atoms with Crippen molar-refractivity contribution in [3.63, 3.8) is 0 Å². The van der Waals surface area contributed by atoms with Gasteiger partial charge in [-0.25, -0.2) is 8.78 Å². The Morgan fingerprint density at radius 3 is 2.61 bits per heavy atom. The molecular formula is C13H12F2N2O. The molecule has 5 heteroatoms. The van der Waals surface area contributed by atoms with Gasteiger partial charge in [0.15, 0.2) is 0 Å². The zero-order valence-corrected chi connectivity index (χ0v) is 9.73. The monoisotopic (exact) mass is 250 g/mol. The number of nitrogens with two attached hydrogens (primary N) is 1. The average Bonchev–Trinajstić information content (AvgIpc) is 2.37. The minimum Gasteiger partial charge on any atom is -0.497 e. The van der Waals surface area contributed by atoms with Gasteiger partial charge in [0.2, 0.25) is 0 Å². The summed E-state index contributed by atoms with van der Waals surface area (Å²) in [6.45, 7) is 0. The standard InChI is InChI=1S/C13H12F2N2O/c1-18-10-2-3-11(12(15)5-10)13(16)8-4-9(14)7-17-6-8/h2-7,13H,16H2,1H3. The first kappa shape index (κ1) is 12.4. The van der Waals surface area contributed by atoms with Crippen molar-refractivity contribution in [3.8, 4) is 5.75 Å². The summed E-state index contributed by atoms with van der Waals surface area (Å²) in [5.74, 6) is -0.594. The number of hydrogen-bond acceptors (Lipinski definition) is 3. The van der Waals surface area contributed by atoms with Crippen LogP contribution in [0, 0.1) is 11.6 Å². The number of halogens is 2. The van der Waals surface area contributed by atoms with Crippen LogP contribution in [0.4, 0.5) is 8.78 Å². The SMILES string of the molecule is COc1ccc(C(N)c2cncc(F)c2)c(F)c1. The average molecular weight is 250 g/mol. The second kappa shape index (κ2) is 5.10. The molecule has 3 nitrogen and oxygen atoms in total. The van der Waals surface area contributed by atoms with Gasteiger partial charge in [-0.3, -0.25) is 4.98 Å². The maximum absolute atomic E-state index is 13.8. The number of aromatic nitrogens is 1. The van der Waals surface area contributed by atoms with E-state index in [2.05, 4.69) is 4.98 Å². The van der Waals surface area contributed by atoms with Gasteiger partial charge in [-0.2, -0.15) is 0 Å². The molecule has 0 saturated carbocycles. The summed E-state index contributed by atoms with van der Waals surface area (Å²) < 4.78 is 31.7. The van der Waals surface area contributed by atoms with Crippen molar-refractivity contribution < 1.29 is 13.5 Å². The third-order valence-corrected chi connectivity index (χ3v) is 2.63. The summed E-state index contributed by atoms with van der Waals surface area (Å²) in [5.41, 5.74) is 6.57. The quantitative estimate of drug-likeness (QED) is 0.910. The van der Waals surface area contributed by atoms with Crippen LogP contribution in [0.15, 0.2) is 36.7 Å². The van der Waals surface area contributed by atoms with Crippen molar-refractivity contribution in [2.24, 2.45) is 5.73 Å². The topological polar surface area (TPSA) is 48.1 Å². The highest BCUT2D eigenvalue weighted by Crippen LogP contribution is 2.25. The summed E-state index contributed by atoms with van der Waals surface area (Å²) in [5, 5.41) is 0. The normalized spacial score (nSPS) is 12.2. The Bertz CT molecular complexity index is 560. The molecule has 0 aliphatic carbocycles. The number of hydrogen-bond donors (Lipinski definition) is 1. The third kappa shape index (κ3) is 2.46. The Morgan fingerprint density at radius 2 is 2.00 bits per heavy atom. The van der Waals surface area contributed by atoms with Crippen LogP contribution < -0.4 is 10.5 Å². The summed E-state index contributed by atoms with van der Waals surface area (Å²) in [7, 11) is 1.45. The molecule has 0 radical (unpaired) electrons. The number of nitrogens with zero attached hydrogens (tertiary/aromatic N) is 1. The van der Waals surface area contributed by atoms with E-state index < -0.39 is 17.7 Å². The van der Waals surface area contributed by atoms with Crippen molar-refractivity contribution in [3.05, 3.63) is 59.4 Å². The van der Waals surface area contributed by atoms with E-state index in [0.717, 1.165) is 6.20 Å². The van der Waals surface area contributed by atoms with Crippen molar-refractivity contribution in [2.75, 3.05) is 7.11 Å². The van der Waals surface area contributed by atoms with E-state index in [0.29, 0.717) is 11.3 Å². The van der Waals surface area contributed by atoms with Crippen molar-refractivity contribution >= 4 is 0 Å². The van der Waals surface area contributed by atoms with E-state index >= 15 is 0 Å². The molecule has 2 rings (SSSR count). The van der Waals surface area contributed by atoms with Gasteiger partial charge in [-0.1, -0.05) is 6.07 Å². The van der Waals surface area contributed by atoms with Crippen LogP contribution in [-0.2, 0) is 0 Å². The first-order valence-corrected chi connectivity index (χ1v) is 5.31. The lowest BCUT2D eigenvalue weighted by Gasteiger charge is -2.13. The fraction of sp³-hybridized carbons (Fsp3) is 0.154. The largest absolute Gasteiger partial charge is 0.497 e. The maximum atomic E-state index is 13.8. The summed E-state index contributed by atoms with van der Waals surface area (Å²) in [6.07, 6.45) is 2.48. The lowest BCUT2D eigenvalue weighted by molar-refractivity contribution is 0.410. The van der Waals surface area contributed by atoms with Gasteiger partial charge in [0.05, 0.1) is 19.3 Å². The molecule has 1 atom stereocenters. The van der Waals surface area contributed by atoms with Gasteiger partial charge in [0, 0.05) is 17.8 Å². The predicted octanol–water partition coefficient (Wildman–Crippen LogP) is 2.42. The lowest BCUT2D eigenvalue weighted by atomic mass is 10.0. The van der Waals surface area contributed by atoms with Crippen molar-refractivity contribution in [1.29, 1.82) is 0 Å². The first-order valence-electron chi connectivity index (χ1n) is 5.31. The Labute approximate surface area is 103 Å². The Balaban J connectivity index is 2.37. The van der Waals surface area contributed by atoms with Gasteiger partial charge in [-0.05, 0) is 17.7 Å². The van der Waals surface area contributed by atoms with Crippen LogP contribution in [0.2, 0.25) is 0 Å². The molecule has 0 saturated heterocycles. The number of benzene rings is 1. The molecule has 0 spiro atoms. The molecule has 0 aliphatic heterocycles. The van der Waals surface area contributed by atoms with Crippen LogP contribution in [0.3, 0.4) is 0 Å². The van der Waals surface area contributed by atoms with Crippen LogP contribution in [0.5, 0.6) is 5.75 Å². The molecule has 0 amide bonds. The van der Waals surface area contributed by atoms with Gasteiger partial charge in [0.25, 0.3) is 0 Å². The van der Waals surface area contributed by atoms with Crippen LogP contribution in [-0.4, -0.2) is 12.1 Å². The van der Waals surface area contributed by atoms with Crippen molar-refractivity contribution in [2.45, 2.75) is 6.04 Å². The molecular weight excluding hydrogens is 238 g/mol. The predicted molar refractivity (Wildman–Crippen MR) is 63.2 cm³/mol. The molecule has 0 bridgehead atoms. The van der Waals surface area contributed by atoms with E-state index in [1.165, 1.54) is 31.5 Å². The molecule has 1 aromatic heterocycles. The lowest BCUT2D eigenvalue weighted by Crippen LogP contribution is -2.14. The zero-order chi connectivity index (χ0) is 13.1. The zero-order valence-electron chi connectivity index (χ0n) is 9.73. The Hall–Kier alpha value is -2.01. The Morgan fingerprint density at radius 1 is 1.22 bits per heavy atom. The van der Waals surface area contributed by atoms with Crippen LogP contribution in [0.1, 0.15) is 17.2 Å². The molecule has 1 aromatic carbocycles. The fourth-order valence-electron chi connectivity index (χ4n) is 1.66.